The summed E-state index contributed by atoms with van der Waals surface area (Å²) < 4.78 is 0. The highest BCUT2D eigenvalue weighted by Gasteiger charge is 2.42. The van der Waals surface area contributed by atoms with Crippen molar-refractivity contribution in [1.29, 1.82) is 0 Å². The van der Waals surface area contributed by atoms with Gasteiger partial charge in [0.15, 0.2) is 0 Å². The minimum absolute atomic E-state index is 0.304. The van der Waals surface area contributed by atoms with Gasteiger partial charge in [-0.05, 0) is 44.1 Å². The lowest BCUT2D eigenvalue weighted by Gasteiger charge is -2.41. The SMILES string of the molecule is CNC1(C(=O)O)CCC(C(C)(C)C)CC1. The van der Waals surface area contributed by atoms with Gasteiger partial charge in [-0.1, -0.05) is 20.8 Å². The Morgan fingerprint density at radius 2 is 1.80 bits per heavy atom. The second-order valence-corrected chi connectivity index (χ2v) is 5.78. The molecule has 88 valence electrons. The number of hydrogen-bond donors (Lipinski definition) is 2. The number of carbonyl (C=O) groups is 1. The minimum Gasteiger partial charge on any atom is -0.480 e. The second kappa shape index (κ2) is 4.12. The summed E-state index contributed by atoms with van der Waals surface area (Å²) in [4.78, 5) is 11.2. The van der Waals surface area contributed by atoms with Crippen LogP contribution in [0.4, 0.5) is 0 Å². The molecule has 0 bridgehead atoms. The highest BCUT2D eigenvalue weighted by Crippen LogP contribution is 2.41. The predicted octanol–water partition coefficient (Wildman–Crippen LogP) is 2.27. The van der Waals surface area contributed by atoms with E-state index in [9.17, 15) is 9.90 Å². The highest BCUT2D eigenvalue weighted by atomic mass is 16.4. The summed E-state index contributed by atoms with van der Waals surface area (Å²) in [7, 11) is 1.76. The normalized spacial score (nSPS) is 32.7. The fourth-order valence-corrected chi connectivity index (χ4v) is 2.55. The van der Waals surface area contributed by atoms with Crippen molar-refractivity contribution in [3.63, 3.8) is 0 Å². The summed E-state index contributed by atoms with van der Waals surface area (Å²) in [6.45, 7) is 6.72. The largest absolute Gasteiger partial charge is 0.480 e. The van der Waals surface area contributed by atoms with E-state index in [2.05, 4.69) is 26.1 Å². The highest BCUT2D eigenvalue weighted by molar-refractivity contribution is 5.78. The molecule has 1 aliphatic carbocycles. The van der Waals surface area contributed by atoms with E-state index in [1.807, 2.05) is 0 Å². The number of likely N-dealkylation sites (N-methyl/N-ethyl adjacent to an activating group) is 1. The zero-order chi connectivity index (χ0) is 11.7. The van der Waals surface area contributed by atoms with E-state index in [4.69, 9.17) is 0 Å². The third-order valence-electron chi connectivity index (χ3n) is 3.95. The smallest absolute Gasteiger partial charge is 0.323 e. The van der Waals surface area contributed by atoms with Gasteiger partial charge in [-0.25, -0.2) is 0 Å². The van der Waals surface area contributed by atoms with Crippen LogP contribution in [0.2, 0.25) is 0 Å². The quantitative estimate of drug-likeness (QED) is 0.739. The molecule has 0 aromatic carbocycles. The average molecular weight is 213 g/mol. The van der Waals surface area contributed by atoms with E-state index in [1.165, 1.54) is 0 Å². The summed E-state index contributed by atoms with van der Waals surface area (Å²) in [6, 6.07) is 0. The van der Waals surface area contributed by atoms with E-state index < -0.39 is 11.5 Å². The molecule has 1 saturated carbocycles. The Kier molecular flexibility index (Phi) is 3.44. The van der Waals surface area contributed by atoms with Crippen LogP contribution in [0.5, 0.6) is 0 Å². The molecule has 0 aliphatic heterocycles. The van der Waals surface area contributed by atoms with Crippen LogP contribution >= 0.6 is 0 Å². The van der Waals surface area contributed by atoms with Gasteiger partial charge in [-0.3, -0.25) is 4.79 Å². The van der Waals surface area contributed by atoms with Gasteiger partial charge in [0, 0.05) is 0 Å². The van der Waals surface area contributed by atoms with Crippen molar-refractivity contribution in [2.24, 2.45) is 11.3 Å². The number of nitrogens with one attached hydrogen (secondary N) is 1. The van der Waals surface area contributed by atoms with Gasteiger partial charge in [0.1, 0.15) is 5.54 Å². The zero-order valence-electron chi connectivity index (χ0n) is 10.3. The molecule has 3 heteroatoms. The lowest BCUT2D eigenvalue weighted by molar-refractivity contribution is -0.147. The van der Waals surface area contributed by atoms with Crippen molar-refractivity contribution in [2.45, 2.75) is 52.0 Å². The summed E-state index contributed by atoms with van der Waals surface area (Å²) in [6.07, 6.45) is 3.52. The molecule has 0 heterocycles. The number of rotatable bonds is 2. The summed E-state index contributed by atoms with van der Waals surface area (Å²) in [5.41, 5.74) is -0.361. The minimum atomic E-state index is -0.697. The van der Waals surface area contributed by atoms with Gasteiger partial charge in [-0.15, -0.1) is 0 Å². The third kappa shape index (κ3) is 2.51. The monoisotopic (exact) mass is 213 g/mol. The van der Waals surface area contributed by atoms with Crippen molar-refractivity contribution < 1.29 is 9.90 Å². The molecule has 0 unspecified atom stereocenters. The van der Waals surface area contributed by atoms with Crippen molar-refractivity contribution in [1.82, 2.24) is 5.32 Å². The second-order valence-electron chi connectivity index (χ2n) is 5.78. The van der Waals surface area contributed by atoms with Gasteiger partial charge < -0.3 is 10.4 Å². The maximum absolute atomic E-state index is 11.2. The first-order valence-electron chi connectivity index (χ1n) is 5.74. The first-order chi connectivity index (χ1) is 6.82. The van der Waals surface area contributed by atoms with Crippen molar-refractivity contribution >= 4 is 5.97 Å². The Hall–Kier alpha value is -0.570. The van der Waals surface area contributed by atoms with Crippen LogP contribution in [0.25, 0.3) is 0 Å². The average Bonchev–Trinajstić information content (AvgIpc) is 2.16. The summed E-state index contributed by atoms with van der Waals surface area (Å²) in [5.74, 6) is -0.0457. The Balaban J connectivity index is 2.65. The fourth-order valence-electron chi connectivity index (χ4n) is 2.55. The third-order valence-corrected chi connectivity index (χ3v) is 3.95. The molecule has 1 aliphatic rings. The van der Waals surface area contributed by atoms with Crippen molar-refractivity contribution in [3.8, 4) is 0 Å². The zero-order valence-corrected chi connectivity index (χ0v) is 10.3. The van der Waals surface area contributed by atoms with Crippen LogP contribution in [0.15, 0.2) is 0 Å². The van der Waals surface area contributed by atoms with E-state index in [1.54, 1.807) is 7.05 Å². The van der Waals surface area contributed by atoms with Gasteiger partial charge in [0.25, 0.3) is 0 Å². The van der Waals surface area contributed by atoms with E-state index in [0.717, 1.165) is 25.7 Å². The maximum atomic E-state index is 11.2. The molecule has 0 aromatic heterocycles. The maximum Gasteiger partial charge on any atom is 0.323 e. The van der Waals surface area contributed by atoms with Gasteiger partial charge in [0.2, 0.25) is 0 Å². The van der Waals surface area contributed by atoms with Crippen LogP contribution in [0.3, 0.4) is 0 Å². The fraction of sp³-hybridized carbons (Fsp3) is 0.917. The Bertz CT molecular complexity index is 234. The number of carboxylic acid groups (broad SMARTS) is 1. The van der Waals surface area contributed by atoms with Crippen LogP contribution in [-0.4, -0.2) is 23.7 Å². The van der Waals surface area contributed by atoms with E-state index >= 15 is 0 Å². The van der Waals surface area contributed by atoms with Gasteiger partial charge in [-0.2, -0.15) is 0 Å². The first kappa shape index (κ1) is 12.5. The molecule has 0 amide bonds. The standard InChI is InChI=1S/C12H23NO2/c1-11(2,3)9-5-7-12(13-4,8-6-9)10(14)15/h9,13H,5-8H2,1-4H3,(H,14,15). The molecule has 0 aromatic rings. The molecule has 15 heavy (non-hydrogen) atoms. The van der Waals surface area contributed by atoms with Crippen LogP contribution < -0.4 is 5.32 Å². The molecule has 0 radical (unpaired) electrons. The predicted molar refractivity (Wildman–Crippen MR) is 60.8 cm³/mol. The molecule has 1 fully saturated rings. The van der Waals surface area contributed by atoms with Crippen molar-refractivity contribution in [2.75, 3.05) is 7.05 Å². The molecule has 1 rings (SSSR count). The topological polar surface area (TPSA) is 49.3 Å². The van der Waals surface area contributed by atoms with Crippen LogP contribution in [0.1, 0.15) is 46.5 Å². The molecule has 2 N–H and O–H groups in total. The number of aliphatic carboxylic acids is 1. The molecular weight excluding hydrogens is 190 g/mol. The van der Waals surface area contributed by atoms with Crippen molar-refractivity contribution in [3.05, 3.63) is 0 Å². The van der Waals surface area contributed by atoms with E-state index in [-0.39, 0.29) is 0 Å². The Labute approximate surface area is 92.3 Å². The molecular formula is C12H23NO2. The Morgan fingerprint density at radius 3 is 2.07 bits per heavy atom. The molecule has 0 spiro atoms. The summed E-state index contributed by atoms with van der Waals surface area (Å²) >= 11 is 0. The summed E-state index contributed by atoms with van der Waals surface area (Å²) in [5, 5.41) is 12.2. The number of hydrogen-bond acceptors (Lipinski definition) is 2. The Morgan fingerprint density at radius 1 is 1.33 bits per heavy atom. The van der Waals surface area contributed by atoms with Crippen LogP contribution in [-0.2, 0) is 4.79 Å². The molecule has 3 nitrogen and oxygen atoms in total. The van der Waals surface area contributed by atoms with Gasteiger partial charge in [0.05, 0.1) is 0 Å². The molecule has 0 saturated heterocycles. The number of carboxylic acids is 1. The van der Waals surface area contributed by atoms with Gasteiger partial charge >= 0.3 is 5.97 Å². The lowest BCUT2D eigenvalue weighted by atomic mass is 9.67. The van der Waals surface area contributed by atoms with E-state index in [0.29, 0.717) is 11.3 Å². The first-order valence-corrected chi connectivity index (χ1v) is 5.74. The lowest BCUT2D eigenvalue weighted by Crippen LogP contribution is -2.53. The molecule has 0 atom stereocenters. The van der Waals surface area contributed by atoms with Crippen LogP contribution in [0, 0.1) is 11.3 Å².